The minimum atomic E-state index is -0.319. The van der Waals surface area contributed by atoms with E-state index in [1.165, 1.54) is 0 Å². The molecule has 0 unspecified atom stereocenters. The standard InChI is InChI=1S/C21H20N2O3/c1-15(19-9-5-7-16-6-3-4-8-20(16)19)22-23-21(24)14-26-18-12-10-17(25-2)11-13-18/h3-13H,14H2,1-2H3,(H,23,24)/b22-15-. The highest BCUT2D eigenvalue weighted by atomic mass is 16.5. The van der Waals surface area contributed by atoms with Crippen molar-refractivity contribution in [3.8, 4) is 11.5 Å². The zero-order valence-corrected chi connectivity index (χ0v) is 14.7. The maximum Gasteiger partial charge on any atom is 0.277 e. The third-order valence-corrected chi connectivity index (χ3v) is 3.96. The van der Waals surface area contributed by atoms with Crippen LogP contribution in [0.5, 0.6) is 11.5 Å². The van der Waals surface area contributed by atoms with Crippen molar-refractivity contribution in [2.45, 2.75) is 6.92 Å². The maximum atomic E-state index is 12.0. The Hall–Kier alpha value is -3.34. The highest BCUT2D eigenvalue weighted by Crippen LogP contribution is 2.19. The van der Waals surface area contributed by atoms with E-state index in [1.54, 1.807) is 31.4 Å². The van der Waals surface area contributed by atoms with Gasteiger partial charge in [0.05, 0.1) is 12.8 Å². The summed E-state index contributed by atoms with van der Waals surface area (Å²) in [5.74, 6) is 1.01. The largest absolute Gasteiger partial charge is 0.497 e. The van der Waals surface area contributed by atoms with Gasteiger partial charge in [0.15, 0.2) is 6.61 Å². The van der Waals surface area contributed by atoms with Gasteiger partial charge in [0.25, 0.3) is 5.91 Å². The van der Waals surface area contributed by atoms with Crippen LogP contribution >= 0.6 is 0 Å². The molecule has 3 aromatic carbocycles. The summed E-state index contributed by atoms with van der Waals surface area (Å²) in [6.07, 6.45) is 0. The fraction of sp³-hybridized carbons (Fsp3) is 0.143. The molecule has 0 fully saturated rings. The van der Waals surface area contributed by atoms with Crippen molar-refractivity contribution in [1.29, 1.82) is 0 Å². The second-order valence-electron chi connectivity index (χ2n) is 5.72. The summed E-state index contributed by atoms with van der Waals surface area (Å²) < 4.78 is 10.5. The van der Waals surface area contributed by atoms with E-state index in [9.17, 15) is 4.79 Å². The van der Waals surface area contributed by atoms with Gasteiger partial charge in [-0.05, 0) is 42.0 Å². The molecule has 3 aromatic rings. The molecule has 0 spiro atoms. The van der Waals surface area contributed by atoms with Gasteiger partial charge in [-0.25, -0.2) is 5.43 Å². The smallest absolute Gasteiger partial charge is 0.277 e. The van der Waals surface area contributed by atoms with Crippen LogP contribution in [-0.2, 0) is 4.79 Å². The topological polar surface area (TPSA) is 59.9 Å². The number of amides is 1. The van der Waals surface area contributed by atoms with E-state index < -0.39 is 0 Å². The average molecular weight is 348 g/mol. The van der Waals surface area contributed by atoms with Crippen LogP contribution in [0.4, 0.5) is 0 Å². The molecule has 0 aliphatic rings. The van der Waals surface area contributed by atoms with Crippen LogP contribution in [-0.4, -0.2) is 25.3 Å². The third kappa shape index (κ3) is 4.19. The van der Waals surface area contributed by atoms with E-state index in [0.29, 0.717) is 5.75 Å². The summed E-state index contributed by atoms with van der Waals surface area (Å²) in [7, 11) is 1.60. The Morgan fingerprint density at radius 1 is 0.962 bits per heavy atom. The summed E-state index contributed by atoms with van der Waals surface area (Å²) in [6, 6.07) is 21.1. The van der Waals surface area contributed by atoms with Crippen LogP contribution < -0.4 is 14.9 Å². The molecule has 132 valence electrons. The molecule has 0 aromatic heterocycles. The number of rotatable bonds is 6. The molecule has 5 heteroatoms. The average Bonchev–Trinajstić information content (AvgIpc) is 2.70. The first-order chi connectivity index (χ1) is 12.7. The molecule has 0 atom stereocenters. The molecule has 3 rings (SSSR count). The minimum absolute atomic E-state index is 0.112. The molecule has 5 nitrogen and oxygen atoms in total. The van der Waals surface area contributed by atoms with Gasteiger partial charge in [-0.15, -0.1) is 0 Å². The second-order valence-corrected chi connectivity index (χ2v) is 5.72. The Morgan fingerprint density at radius 3 is 2.42 bits per heavy atom. The molecule has 0 saturated carbocycles. The Balaban J connectivity index is 1.61. The van der Waals surface area contributed by atoms with Crippen molar-refractivity contribution >= 4 is 22.4 Å². The molecule has 1 amide bonds. The number of nitrogens with one attached hydrogen (secondary N) is 1. The zero-order chi connectivity index (χ0) is 18.4. The molecule has 0 aliphatic carbocycles. The Kier molecular flexibility index (Phi) is 5.49. The molecule has 26 heavy (non-hydrogen) atoms. The fourth-order valence-corrected chi connectivity index (χ4v) is 2.60. The lowest BCUT2D eigenvalue weighted by Crippen LogP contribution is -2.25. The number of ether oxygens (including phenoxy) is 2. The van der Waals surface area contributed by atoms with Crippen LogP contribution in [0.2, 0.25) is 0 Å². The number of carbonyl (C=O) groups excluding carboxylic acids is 1. The van der Waals surface area contributed by atoms with E-state index >= 15 is 0 Å². The highest BCUT2D eigenvalue weighted by molar-refractivity contribution is 6.09. The Labute approximate surface area is 152 Å². The first-order valence-corrected chi connectivity index (χ1v) is 8.25. The summed E-state index contributed by atoms with van der Waals surface area (Å²) in [4.78, 5) is 12.0. The van der Waals surface area contributed by atoms with Gasteiger partial charge in [0.1, 0.15) is 11.5 Å². The lowest BCUT2D eigenvalue weighted by atomic mass is 10.0. The molecular weight excluding hydrogens is 328 g/mol. The lowest BCUT2D eigenvalue weighted by molar-refractivity contribution is -0.123. The second kappa shape index (κ2) is 8.16. The van der Waals surface area contributed by atoms with Crippen molar-refractivity contribution in [2.75, 3.05) is 13.7 Å². The van der Waals surface area contributed by atoms with Crippen molar-refractivity contribution in [3.05, 3.63) is 72.3 Å². The van der Waals surface area contributed by atoms with Crippen molar-refractivity contribution in [2.24, 2.45) is 5.10 Å². The maximum absolute atomic E-state index is 12.0. The van der Waals surface area contributed by atoms with Gasteiger partial charge in [-0.3, -0.25) is 4.79 Å². The van der Waals surface area contributed by atoms with Crippen molar-refractivity contribution in [3.63, 3.8) is 0 Å². The van der Waals surface area contributed by atoms with Crippen LogP contribution in [0.1, 0.15) is 12.5 Å². The Morgan fingerprint density at radius 2 is 1.65 bits per heavy atom. The van der Waals surface area contributed by atoms with E-state index in [4.69, 9.17) is 9.47 Å². The third-order valence-electron chi connectivity index (χ3n) is 3.96. The van der Waals surface area contributed by atoms with Crippen LogP contribution in [0.15, 0.2) is 71.8 Å². The predicted octanol–water partition coefficient (Wildman–Crippen LogP) is 3.77. The molecular formula is C21H20N2O3. The van der Waals surface area contributed by atoms with E-state index in [-0.39, 0.29) is 12.5 Å². The molecule has 0 bridgehead atoms. The highest BCUT2D eigenvalue weighted by Gasteiger charge is 2.06. The molecule has 0 aliphatic heterocycles. The summed E-state index contributed by atoms with van der Waals surface area (Å²) >= 11 is 0. The monoisotopic (exact) mass is 348 g/mol. The van der Waals surface area contributed by atoms with Gasteiger partial charge in [0, 0.05) is 5.56 Å². The fourth-order valence-electron chi connectivity index (χ4n) is 2.60. The van der Waals surface area contributed by atoms with Crippen molar-refractivity contribution < 1.29 is 14.3 Å². The predicted molar refractivity (Wildman–Crippen MR) is 103 cm³/mol. The van der Waals surface area contributed by atoms with Crippen LogP contribution in [0.25, 0.3) is 10.8 Å². The number of carbonyl (C=O) groups is 1. The number of fused-ring (bicyclic) bond motifs is 1. The van der Waals surface area contributed by atoms with Gasteiger partial charge in [0.2, 0.25) is 0 Å². The molecule has 0 heterocycles. The van der Waals surface area contributed by atoms with Crippen molar-refractivity contribution in [1.82, 2.24) is 5.43 Å². The normalized spacial score (nSPS) is 11.2. The number of methoxy groups -OCH3 is 1. The van der Waals surface area contributed by atoms with Gasteiger partial charge < -0.3 is 9.47 Å². The molecule has 0 saturated heterocycles. The van der Waals surface area contributed by atoms with Crippen LogP contribution in [0.3, 0.4) is 0 Å². The van der Waals surface area contributed by atoms with E-state index in [0.717, 1.165) is 27.8 Å². The van der Waals surface area contributed by atoms with E-state index in [2.05, 4.69) is 10.5 Å². The number of nitrogens with zero attached hydrogens (tertiary/aromatic N) is 1. The van der Waals surface area contributed by atoms with Gasteiger partial charge in [-0.1, -0.05) is 42.5 Å². The zero-order valence-electron chi connectivity index (χ0n) is 14.7. The molecule has 0 radical (unpaired) electrons. The quantitative estimate of drug-likeness (QED) is 0.545. The summed E-state index contributed by atoms with van der Waals surface area (Å²) in [5.41, 5.74) is 4.26. The SMILES string of the molecule is COc1ccc(OCC(=O)N/N=C(/C)c2cccc3ccccc23)cc1. The Bertz CT molecular complexity index is 928. The van der Waals surface area contributed by atoms with Gasteiger partial charge >= 0.3 is 0 Å². The minimum Gasteiger partial charge on any atom is -0.497 e. The first kappa shape index (κ1) is 17.5. The number of hydrogen-bond donors (Lipinski definition) is 1. The number of hydrogen-bond acceptors (Lipinski definition) is 4. The summed E-state index contributed by atoms with van der Waals surface area (Å²) in [5, 5.41) is 6.43. The molecule has 1 N–H and O–H groups in total. The van der Waals surface area contributed by atoms with Gasteiger partial charge in [-0.2, -0.15) is 5.10 Å². The first-order valence-electron chi connectivity index (χ1n) is 8.25. The number of benzene rings is 3. The van der Waals surface area contributed by atoms with E-state index in [1.807, 2.05) is 49.4 Å². The summed E-state index contributed by atoms with van der Waals surface area (Å²) in [6.45, 7) is 1.75. The number of hydrazone groups is 1. The lowest BCUT2D eigenvalue weighted by Gasteiger charge is -2.08. The van der Waals surface area contributed by atoms with Crippen LogP contribution in [0, 0.1) is 0 Å².